The molecule has 0 fully saturated rings. The van der Waals surface area contributed by atoms with Crippen LogP contribution in [0.3, 0.4) is 0 Å². The van der Waals surface area contributed by atoms with Crippen LogP contribution in [-0.4, -0.2) is 37.8 Å². The van der Waals surface area contributed by atoms with Crippen molar-refractivity contribution < 1.29 is 4.79 Å². The van der Waals surface area contributed by atoms with Gasteiger partial charge in [0.2, 0.25) is 0 Å². The fourth-order valence-corrected chi connectivity index (χ4v) is 1.49. The predicted molar refractivity (Wildman–Crippen MR) is 68.5 cm³/mol. The Hall–Kier alpha value is -2.51. The Bertz CT molecular complexity index is 522. The van der Waals surface area contributed by atoms with Crippen LogP contribution in [-0.2, 0) is 0 Å². The van der Waals surface area contributed by atoms with E-state index in [0.717, 1.165) is 6.54 Å². The maximum Gasteiger partial charge on any atom is 0.272 e. The van der Waals surface area contributed by atoms with E-state index in [1.54, 1.807) is 19.1 Å². The molecular weight excluding hydrogens is 246 g/mol. The Morgan fingerprint density at radius 3 is 2.84 bits per heavy atom. The summed E-state index contributed by atoms with van der Waals surface area (Å²) in [6.45, 7) is 4.52. The normalized spacial score (nSPS) is 11.9. The smallest absolute Gasteiger partial charge is 0.272 e. The second-order valence-corrected chi connectivity index (χ2v) is 3.90. The van der Waals surface area contributed by atoms with Crippen molar-refractivity contribution in [1.82, 2.24) is 30.7 Å². The monoisotopic (exact) mass is 261 g/mol. The Morgan fingerprint density at radius 1 is 1.42 bits per heavy atom. The molecular formula is C11H15N7O. The topological polar surface area (TPSA) is 108 Å². The van der Waals surface area contributed by atoms with Gasteiger partial charge in [0, 0.05) is 6.54 Å². The van der Waals surface area contributed by atoms with Gasteiger partial charge in [-0.3, -0.25) is 9.89 Å². The van der Waals surface area contributed by atoms with Gasteiger partial charge in [-0.25, -0.2) is 4.98 Å². The molecule has 2 rings (SSSR count). The third-order valence-corrected chi connectivity index (χ3v) is 2.45. The van der Waals surface area contributed by atoms with E-state index in [-0.39, 0.29) is 17.6 Å². The molecule has 8 heteroatoms. The Balaban J connectivity index is 1.99. The van der Waals surface area contributed by atoms with Crippen LogP contribution in [0.25, 0.3) is 0 Å². The third kappa shape index (κ3) is 3.24. The predicted octanol–water partition coefficient (Wildman–Crippen LogP) is 0.517. The lowest BCUT2D eigenvalue weighted by Gasteiger charge is -2.10. The third-order valence-electron chi connectivity index (χ3n) is 2.45. The molecule has 0 aliphatic heterocycles. The molecule has 0 bridgehead atoms. The average molecular weight is 261 g/mol. The summed E-state index contributed by atoms with van der Waals surface area (Å²) in [4.78, 5) is 15.9. The number of anilines is 1. The quantitative estimate of drug-likeness (QED) is 0.724. The summed E-state index contributed by atoms with van der Waals surface area (Å²) < 4.78 is 0. The van der Waals surface area contributed by atoms with E-state index in [9.17, 15) is 4.79 Å². The molecule has 2 aromatic rings. The number of aromatic amines is 1. The van der Waals surface area contributed by atoms with Crippen molar-refractivity contribution in [2.45, 2.75) is 19.9 Å². The summed E-state index contributed by atoms with van der Waals surface area (Å²) in [5.74, 6) is 0.923. The van der Waals surface area contributed by atoms with Gasteiger partial charge in [-0.05, 0) is 26.0 Å². The summed E-state index contributed by atoms with van der Waals surface area (Å²) in [6.07, 6.45) is 1.39. The molecule has 2 heterocycles. The molecule has 3 N–H and O–H groups in total. The number of H-pyrrole nitrogens is 1. The Labute approximate surface area is 110 Å². The van der Waals surface area contributed by atoms with Crippen LogP contribution in [0.1, 0.15) is 36.2 Å². The Kier molecular flexibility index (Phi) is 4.01. The maximum absolute atomic E-state index is 11.9. The highest BCUT2D eigenvalue weighted by Gasteiger charge is 2.14. The molecule has 0 saturated heterocycles. The van der Waals surface area contributed by atoms with Crippen molar-refractivity contribution in [3.05, 3.63) is 30.0 Å². The fourth-order valence-electron chi connectivity index (χ4n) is 1.49. The summed E-state index contributed by atoms with van der Waals surface area (Å²) in [5, 5.41) is 20.0. The number of amides is 1. The standard InChI is InChI=1S/C11H15N7O/c1-3-12-9-5-4-8(16-17-9)11(19)15-7(2)10-13-6-14-18-10/h4-7H,3H2,1-2H3,(H,12,17)(H,15,19)(H,13,14,18). The number of nitrogens with zero attached hydrogens (tertiary/aromatic N) is 4. The van der Waals surface area contributed by atoms with Gasteiger partial charge >= 0.3 is 0 Å². The lowest BCUT2D eigenvalue weighted by atomic mass is 10.3. The first-order valence-electron chi connectivity index (χ1n) is 5.94. The first-order valence-corrected chi connectivity index (χ1v) is 5.94. The highest BCUT2D eigenvalue weighted by Crippen LogP contribution is 2.06. The summed E-state index contributed by atoms with van der Waals surface area (Å²) >= 11 is 0. The number of carbonyl (C=O) groups is 1. The number of hydrogen-bond donors (Lipinski definition) is 3. The molecule has 8 nitrogen and oxygen atoms in total. The minimum atomic E-state index is -0.306. The van der Waals surface area contributed by atoms with Crippen LogP contribution in [0.5, 0.6) is 0 Å². The molecule has 0 saturated carbocycles. The average Bonchev–Trinajstić information content (AvgIpc) is 2.94. The van der Waals surface area contributed by atoms with Crippen LogP contribution < -0.4 is 10.6 Å². The molecule has 0 aliphatic carbocycles. The second-order valence-electron chi connectivity index (χ2n) is 3.90. The van der Waals surface area contributed by atoms with Crippen molar-refractivity contribution in [2.24, 2.45) is 0 Å². The number of nitrogens with one attached hydrogen (secondary N) is 3. The van der Waals surface area contributed by atoms with Gasteiger partial charge in [-0.2, -0.15) is 5.10 Å². The molecule has 1 unspecified atom stereocenters. The van der Waals surface area contributed by atoms with Crippen molar-refractivity contribution in [1.29, 1.82) is 0 Å². The molecule has 0 aliphatic rings. The van der Waals surface area contributed by atoms with E-state index in [0.29, 0.717) is 11.6 Å². The van der Waals surface area contributed by atoms with Gasteiger partial charge in [-0.15, -0.1) is 10.2 Å². The van der Waals surface area contributed by atoms with Gasteiger partial charge < -0.3 is 10.6 Å². The van der Waals surface area contributed by atoms with Crippen molar-refractivity contribution in [3.8, 4) is 0 Å². The molecule has 1 atom stereocenters. The van der Waals surface area contributed by atoms with Gasteiger partial charge in [0.25, 0.3) is 5.91 Å². The Morgan fingerprint density at radius 2 is 2.26 bits per heavy atom. The zero-order valence-corrected chi connectivity index (χ0v) is 10.7. The zero-order valence-electron chi connectivity index (χ0n) is 10.7. The van der Waals surface area contributed by atoms with Crippen LogP contribution in [0.2, 0.25) is 0 Å². The molecule has 1 amide bonds. The van der Waals surface area contributed by atoms with E-state index < -0.39 is 0 Å². The lowest BCUT2D eigenvalue weighted by molar-refractivity contribution is 0.0932. The second kappa shape index (κ2) is 5.89. The van der Waals surface area contributed by atoms with Gasteiger partial charge in [0.1, 0.15) is 18.0 Å². The minimum Gasteiger partial charge on any atom is -0.369 e. The highest BCUT2D eigenvalue weighted by molar-refractivity contribution is 5.92. The van der Waals surface area contributed by atoms with Crippen LogP contribution in [0, 0.1) is 0 Å². The van der Waals surface area contributed by atoms with Crippen LogP contribution in [0.15, 0.2) is 18.5 Å². The van der Waals surface area contributed by atoms with Crippen LogP contribution in [0.4, 0.5) is 5.82 Å². The van der Waals surface area contributed by atoms with E-state index in [1.165, 1.54) is 6.33 Å². The van der Waals surface area contributed by atoms with Crippen molar-refractivity contribution in [2.75, 3.05) is 11.9 Å². The van der Waals surface area contributed by atoms with Gasteiger partial charge in [0.05, 0.1) is 6.04 Å². The lowest BCUT2D eigenvalue weighted by Crippen LogP contribution is -2.28. The fraction of sp³-hybridized carbons (Fsp3) is 0.364. The summed E-state index contributed by atoms with van der Waals surface area (Å²) in [6, 6.07) is 3.06. The number of aromatic nitrogens is 5. The highest BCUT2D eigenvalue weighted by atomic mass is 16.2. The SMILES string of the molecule is CCNc1ccc(C(=O)NC(C)c2ncn[nH]2)nn1. The molecule has 100 valence electrons. The maximum atomic E-state index is 11.9. The number of carbonyl (C=O) groups excluding carboxylic acids is 1. The largest absolute Gasteiger partial charge is 0.369 e. The minimum absolute atomic E-state index is 0.257. The molecule has 2 aromatic heterocycles. The molecule has 19 heavy (non-hydrogen) atoms. The van der Waals surface area contributed by atoms with Gasteiger partial charge in [0.15, 0.2) is 5.69 Å². The molecule has 0 aromatic carbocycles. The first kappa shape index (κ1) is 12.9. The first-order chi connectivity index (χ1) is 9.20. The van der Waals surface area contributed by atoms with E-state index in [1.807, 2.05) is 6.92 Å². The molecule has 0 spiro atoms. The van der Waals surface area contributed by atoms with E-state index in [2.05, 4.69) is 36.0 Å². The van der Waals surface area contributed by atoms with E-state index >= 15 is 0 Å². The van der Waals surface area contributed by atoms with Crippen molar-refractivity contribution >= 4 is 11.7 Å². The van der Waals surface area contributed by atoms with Crippen molar-refractivity contribution in [3.63, 3.8) is 0 Å². The summed E-state index contributed by atoms with van der Waals surface area (Å²) in [5.41, 5.74) is 0.257. The van der Waals surface area contributed by atoms with Crippen LogP contribution >= 0.6 is 0 Å². The summed E-state index contributed by atoms with van der Waals surface area (Å²) in [7, 11) is 0. The van der Waals surface area contributed by atoms with E-state index in [4.69, 9.17) is 0 Å². The number of hydrogen-bond acceptors (Lipinski definition) is 6. The number of rotatable bonds is 5. The molecule has 0 radical (unpaired) electrons. The van der Waals surface area contributed by atoms with Gasteiger partial charge in [-0.1, -0.05) is 0 Å². The zero-order chi connectivity index (χ0) is 13.7.